The van der Waals surface area contributed by atoms with Crippen molar-refractivity contribution in [3.8, 4) is 28.7 Å². The smallest absolute Gasteiger partial charge is 0.434 e. The minimum atomic E-state index is -4.51. The molecule has 5 rings (SSSR count). The van der Waals surface area contributed by atoms with Gasteiger partial charge in [0.05, 0.1) is 25.4 Å². The average Bonchev–Trinajstić information content (AvgIpc) is 3.39. The first kappa shape index (κ1) is 22.3. The molecule has 0 saturated heterocycles. The summed E-state index contributed by atoms with van der Waals surface area (Å²) >= 11 is 0. The topological polar surface area (TPSA) is 110 Å². The molecule has 0 fully saturated rings. The number of rotatable bonds is 5. The Morgan fingerprint density at radius 3 is 2.54 bits per heavy atom. The molecule has 0 aliphatic carbocycles. The summed E-state index contributed by atoms with van der Waals surface area (Å²) in [5.74, 6) is 1.01. The Balaban J connectivity index is 1.47. The summed E-state index contributed by atoms with van der Waals surface area (Å²) in [7, 11) is 3.04. The van der Waals surface area contributed by atoms with Crippen LogP contribution in [-0.4, -0.2) is 41.2 Å². The molecule has 0 saturated carbocycles. The van der Waals surface area contributed by atoms with Gasteiger partial charge in [-0.2, -0.15) is 13.2 Å². The molecule has 9 nitrogen and oxygen atoms in total. The normalized spacial score (nSPS) is 11.8. The third-order valence-corrected chi connectivity index (χ3v) is 5.47. The molecule has 0 atom stereocenters. The number of ether oxygens (including phenoxy) is 1. The van der Waals surface area contributed by atoms with Crippen LogP contribution in [0.3, 0.4) is 0 Å². The van der Waals surface area contributed by atoms with Gasteiger partial charge in [0.25, 0.3) is 0 Å². The Morgan fingerprint density at radius 1 is 1.09 bits per heavy atom. The maximum Gasteiger partial charge on any atom is 0.434 e. The van der Waals surface area contributed by atoms with Crippen molar-refractivity contribution in [1.29, 1.82) is 5.41 Å². The number of aromatic amines is 1. The summed E-state index contributed by atoms with van der Waals surface area (Å²) in [5, 5.41) is 8.35. The summed E-state index contributed by atoms with van der Waals surface area (Å²) in [6.45, 7) is 0.314. The summed E-state index contributed by atoms with van der Waals surface area (Å²) < 4.78 is 47.3. The van der Waals surface area contributed by atoms with Gasteiger partial charge in [0.2, 0.25) is 11.5 Å². The molecule has 178 valence electrons. The van der Waals surface area contributed by atoms with E-state index in [0.29, 0.717) is 40.5 Å². The van der Waals surface area contributed by atoms with E-state index in [-0.39, 0.29) is 11.4 Å². The van der Waals surface area contributed by atoms with E-state index in [2.05, 4.69) is 24.9 Å². The van der Waals surface area contributed by atoms with Crippen LogP contribution < -0.4 is 10.4 Å². The lowest BCUT2D eigenvalue weighted by Crippen LogP contribution is -2.18. The second-order valence-corrected chi connectivity index (χ2v) is 7.81. The van der Waals surface area contributed by atoms with Gasteiger partial charge in [-0.25, -0.2) is 19.9 Å². The Morgan fingerprint density at radius 2 is 1.86 bits per heavy atom. The highest BCUT2D eigenvalue weighted by Crippen LogP contribution is 2.31. The van der Waals surface area contributed by atoms with Crippen LogP contribution in [0, 0.1) is 5.41 Å². The fraction of sp³-hybridized carbons (Fsp3) is 0.174. The van der Waals surface area contributed by atoms with Crippen LogP contribution in [-0.2, 0) is 19.8 Å². The average molecular weight is 480 g/mol. The van der Waals surface area contributed by atoms with Gasteiger partial charge in [-0.15, -0.1) is 0 Å². The molecule has 4 aromatic heterocycles. The summed E-state index contributed by atoms with van der Waals surface area (Å²) in [6.07, 6.45) is -0.336. The zero-order valence-corrected chi connectivity index (χ0v) is 18.6. The number of aromatic nitrogens is 7. The quantitative estimate of drug-likeness (QED) is 0.398. The highest BCUT2D eigenvalue weighted by molar-refractivity contribution is 5.74. The van der Waals surface area contributed by atoms with Gasteiger partial charge >= 0.3 is 6.18 Å². The van der Waals surface area contributed by atoms with Crippen molar-refractivity contribution in [2.75, 3.05) is 7.11 Å². The molecule has 2 N–H and O–H groups in total. The van der Waals surface area contributed by atoms with E-state index in [1.165, 1.54) is 18.7 Å². The second-order valence-electron chi connectivity index (χ2n) is 7.81. The van der Waals surface area contributed by atoms with Crippen LogP contribution in [0.1, 0.15) is 11.3 Å². The number of methoxy groups -OCH3 is 1. The Kier molecular flexibility index (Phi) is 5.35. The standard InChI is InChI=1S/C23H19F3N8O/c1-33-12-17(23(24,25)26)31-19(33)14-7-5-13(6-8-14)11-34-20-16(30-22(34)27)10-29-18(32-20)15-4-3-9-28-21(15)35-2/h3-10,12H,11H2,1-2H3,(H2,27,30). The maximum absolute atomic E-state index is 13.0. The van der Waals surface area contributed by atoms with Crippen molar-refractivity contribution < 1.29 is 17.9 Å². The molecular formula is C23H19F3N8O. The molecule has 1 aromatic carbocycles. The fourth-order valence-electron chi connectivity index (χ4n) is 3.79. The highest BCUT2D eigenvalue weighted by atomic mass is 19.4. The molecule has 12 heteroatoms. The van der Waals surface area contributed by atoms with E-state index >= 15 is 0 Å². The van der Waals surface area contributed by atoms with Crippen molar-refractivity contribution in [2.24, 2.45) is 7.05 Å². The first-order chi connectivity index (χ1) is 16.7. The number of aryl methyl sites for hydroxylation is 1. The Bertz CT molecular complexity index is 1580. The third-order valence-electron chi connectivity index (χ3n) is 5.47. The minimum Gasteiger partial charge on any atom is -0.480 e. The number of hydrogen-bond acceptors (Lipinski definition) is 6. The predicted octanol–water partition coefficient (Wildman–Crippen LogP) is 3.78. The van der Waals surface area contributed by atoms with Gasteiger partial charge in [0.1, 0.15) is 11.3 Å². The number of halogens is 3. The van der Waals surface area contributed by atoms with Gasteiger partial charge < -0.3 is 14.3 Å². The van der Waals surface area contributed by atoms with E-state index in [4.69, 9.17) is 10.1 Å². The van der Waals surface area contributed by atoms with Crippen molar-refractivity contribution in [3.05, 3.63) is 71.9 Å². The highest BCUT2D eigenvalue weighted by Gasteiger charge is 2.34. The van der Waals surface area contributed by atoms with E-state index < -0.39 is 11.9 Å². The maximum atomic E-state index is 13.0. The Hall–Kier alpha value is -4.48. The van der Waals surface area contributed by atoms with Crippen LogP contribution in [0.5, 0.6) is 5.88 Å². The number of alkyl halides is 3. The zero-order chi connectivity index (χ0) is 24.7. The second kappa shape index (κ2) is 8.38. The fourth-order valence-corrected chi connectivity index (χ4v) is 3.79. The lowest BCUT2D eigenvalue weighted by Gasteiger charge is -2.08. The number of hydrogen-bond donors (Lipinski definition) is 2. The molecule has 0 aliphatic rings. The molecule has 5 aromatic rings. The number of H-pyrrole nitrogens is 1. The third kappa shape index (κ3) is 4.14. The number of nitrogens with zero attached hydrogens (tertiary/aromatic N) is 6. The van der Waals surface area contributed by atoms with Gasteiger partial charge in [0.15, 0.2) is 17.2 Å². The minimum absolute atomic E-state index is 0.132. The van der Waals surface area contributed by atoms with Crippen molar-refractivity contribution in [1.82, 2.24) is 34.1 Å². The van der Waals surface area contributed by atoms with Crippen LogP contribution in [0.4, 0.5) is 13.2 Å². The number of fused-ring (bicyclic) bond motifs is 1. The first-order valence-corrected chi connectivity index (χ1v) is 10.4. The first-order valence-electron chi connectivity index (χ1n) is 10.4. The molecule has 0 radical (unpaired) electrons. The van der Waals surface area contributed by atoms with Crippen LogP contribution in [0.15, 0.2) is 55.0 Å². The summed E-state index contributed by atoms with van der Waals surface area (Å²) in [4.78, 5) is 19.9. The van der Waals surface area contributed by atoms with E-state index in [9.17, 15) is 13.2 Å². The molecule has 4 heterocycles. The van der Waals surface area contributed by atoms with Crippen LogP contribution in [0.2, 0.25) is 0 Å². The molecule has 0 unspecified atom stereocenters. The van der Waals surface area contributed by atoms with Gasteiger partial charge in [0, 0.05) is 25.0 Å². The van der Waals surface area contributed by atoms with E-state index in [0.717, 1.165) is 11.8 Å². The monoisotopic (exact) mass is 480 g/mol. The molecule has 0 spiro atoms. The summed E-state index contributed by atoms with van der Waals surface area (Å²) in [6, 6.07) is 10.5. The van der Waals surface area contributed by atoms with Gasteiger partial charge in [-0.1, -0.05) is 24.3 Å². The number of nitrogens with one attached hydrogen (secondary N) is 2. The van der Waals surface area contributed by atoms with Crippen LogP contribution >= 0.6 is 0 Å². The van der Waals surface area contributed by atoms with E-state index in [1.54, 1.807) is 53.4 Å². The zero-order valence-electron chi connectivity index (χ0n) is 18.6. The number of pyridine rings is 1. The predicted molar refractivity (Wildman–Crippen MR) is 120 cm³/mol. The molecule has 0 bridgehead atoms. The molecular weight excluding hydrogens is 461 g/mol. The van der Waals surface area contributed by atoms with Gasteiger partial charge in [-0.3, -0.25) is 9.98 Å². The van der Waals surface area contributed by atoms with Gasteiger partial charge in [-0.05, 0) is 17.7 Å². The Labute approximate surface area is 196 Å². The lowest BCUT2D eigenvalue weighted by molar-refractivity contribution is -0.140. The molecule has 0 amide bonds. The van der Waals surface area contributed by atoms with Crippen molar-refractivity contribution in [2.45, 2.75) is 12.7 Å². The number of imidazole rings is 2. The van der Waals surface area contributed by atoms with Crippen LogP contribution in [0.25, 0.3) is 33.9 Å². The lowest BCUT2D eigenvalue weighted by atomic mass is 10.1. The van der Waals surface area contributed by atoms with E-state index in [1.807, 2.05) is 0 Å². The number of benzene rings is 1. The molecule has 35 heavy (non-hydrogen) atoms. The summed E-state index contributed by atoms with van der Waals surface area (Å²) in [5.41, 5.74) is 2.31. The SMILES string of the molecule is COc1ncccc1-c1ncc2[nH]c(=N)n(Cc3ccc(-c4nc(C(F)(F)F)cn4C)cc3)c2n1. The van der Waals surface area contributed by atoms with Crippen molar-refractivity contribution >= 4 is 11.2 Å². The largest absolute Gasteiger partial charge is 0.480 e. The van der Waals surface area contributed by atoms with Crippen molar-refractivity contribution in [3.63, 3.8) is 0 Å². The molecule has 0 aliphatic heterocycles.